The maximum atomic E-state index is 12.1. The molecule has 0 aliphatic heterocycles. The Hall–Kier alpha value is -1.92. The Bertz CT molecular complexity index is 677. The van der Waals surface area contributed by atoms with Gasteiger partial charge in [-0.15, -0.1) is 0 Å². The van der Waals surface area contributed by atoms with E-state index in [1.54, 1.807) is 25.3 Å². The molecule has 2 rings (SSSR count). The van der Waals surface area contributed by atoms with Crippen LogP contribution >= 0.6 is 28.1 Å². The molecule has 1 amide bonds. The first-order chi connectivity index (χ1) is 10.6. The minimum atomic E-state index is -0.270. The lowest BCUT2D eigenvalue weighted by Gasteiger charge is -2.10. The van der Waals surface area contributed by atoms with Crippen molar-refractivity contribution >= 4 is 39.2 Å². The van der Waals surface area contributed by atoms with Crippen LogP contribution in [-0.2, 0) is 6.54 Å². The molecule has 22 heavy (non-hydrogen) atoms. The molecule has 0 heterocycles. The van der Waals surface area contributed by atoms with E-state index in [4.69, 9.17) is 17.0 Å². The monoisotopic (exact) mass is 378 g/mol. The Labute approximate surface area is 143 Å². The zero-order valence-electron chi connectivity index (χ0n) is 11.9. The van der Waals surface area contributed by atoms with Crippen molar-refractivity contribution in [2.45, 2.75) is 6.54 Å². The van der Waals surface area contributed by atoms with Crippen LogP contribution in [0.15, 0.2) is 53.0 Å². The maximum Gasteiger partial charge on any atom is 0.257 e. The topological polar surface area (TPSA) is 50.4 Å². The number of nitrogens with one attached hydrogen (secondary N) is 2. The van der Waals surface area contributed by atoms with Crippen LogP contribution in [0.3, 0.4) is 0 Å². The van der Waals surface area contributed by atoms with Crippen LogP contribution in [0.2, 0.25) is 0 Å². The average Bonchev–Trinajstić information content (AvgIpc) is 2.53. The zero-order valence-corrected chi connectivity index (χ0v) is 14.3. The van der Waals surface area contributed by atoms with E-state index < -0.39 is 0 Å². The molecule has 0 atom stereocenters. The first-order valence-corrected chi connectivity index (χ1v) is 7.77. The third kappa shape index (κ3) is 4.54. The quantitative estimate of drug-likeness (QED) is 0.801. The summed E-state index contributed by atoms with van der Waals surface area (Å²) < 4.78 is 5.85. The number of thiocarbonyl (C=S) groups is 1. The van der Waals surface area contributed by atoms with Gasteiger partial charge in [0.2, 0.25) is 0 Å². The van der Waals surface area contributed by atoms with Gasteiger partial charge in [0.1, 0.15) is 5.75 Å². The van der Waals surface area contributed by atoms with Crippen LogP contribution in [0, 0.1) is 0 Å². The number of carbonyl (C=O) groups is 1. The summed E-state index contributed by atoms with van der Waals surface area (Å²) >= 11 is 8.48. The Morgan fingerprint density at radius 2 is 1.95 bits per heavy atom. The minimum Gasteiger partial charge on any atom is -0.496 e. The molecule has 4 nitrogen and oxygen atoms in total. The van der Waals surface area contributed by atoms with Crippen molar-refractivity contribution in [1.82, 2.24) is 10.6 Å². The van der Waals surface area contributed by atoms with Gasteiger partial charge in [-0.25, -0.2) is 0 Å². The minimum absolute atomic E-state index is 0.270. The zero-order chi connectivity index (χ0) is 15.9. The van der Waals surface area contributed by atoms with E-state index in [1.807, 2.05) is 30.3 Å². The first-order valence-electron chi connectivity index (χ1n) is 6.57. The molecule has 0 aliphatic carbocycles. The number of amides is 1. The second-order valence-corrected chi connectivity index (χ2v) is 5.73. The van der Waals surface area contributed by atoms with E-state index in [9.17, 15) is 4.79 Å². The van der Waals surface area contributed by atoms with Crippen molar-refractivity contribution in [2.75, 3.05) is 7.11 Å². The van der Waals surface area contributed by atoms with Gasteiger partial charge in [0.15, 0.2) is 5.11 Å². The summed E-state index contributed by atoms with van der Waals surface area (Å²) in [5.41, 5.74) is 1.59. The number of methoxy groups -OCH3 is 1. The predicted octanol–water partition coefficient (Wildman–Crippen LogP) is 3.26. The van der Waals surface area contributed by atoms with Crippen molar-refractivity contribution in [1.29, 1.82) is 0 Å². The smallest absolute Gasteiger partial charge is 0.257 e. The SMILES string of the molecule is COc1ccc(C(=O)NC(=S)NCc2ccccc2)cc1Br. The van der Waals surface area contributed by atoms with Gasteiger partial charge in [0.25, 0.3) is 5.91 Å². The summed E-state index contributed by atoms with van der Waals surface area (Å²) in [5.74, 6) is 0.398. The van der Waals surface area contributed by atoms with Gasteiger partial charge >= 0.3 is 0 Å². The van der Waals surface area contributed by atoms with Crippen LogP contribution < -0.4 is 15.4 Å². The maximum absolute atomic E-state index is 12.1. The Kier molecular flexibility index (Phi) is 5.91. The molecule has 2 N–H and O–H groups in total. The second-order valence-electron chi connectivity index (χ2n) is 4.47. The number of benzene rings is 2. The van der Waals surface area contributed by atoms with Crippen molar-refractivity contribution < 1.29 is 9.53 Å². The Morgan fingerprint density at radius 1 is 1.23 bits per heavy atom. The highest BCUT2D eigenvalue weighted by atomic mass is 79.9. The molecule has 2 aromatic carbocycles. The average molecular weight is 379 g/mol. The van der Waals surface area contributed by atoms with Crippen LogP contribution in [0.4, 0.5) is 0 Å². The molecule has 0 fully saturated rings. The fraction of sp³-hybridized carbons (Fsp3) is 0.125. The number of ether oxygens (including phenoxy) is 1. The summed E-state index contributed by atoms with van der Waals surface area (Å²) in [7, 11) is 1.57. The molecule has 0 radical (unpaired) electrons. The van der Waals surface area contributed by atoms with E-state index in [2.05, 4.69) is 26.6 Å². The van der Waals surface area contributed by atoms with Crippen LogP contribution in [-0.4, -0.2) is 18.1 Å². The lowest BCUT2D eigenvalue weighted by molar-refractivity contribution is 0.0976. The Balaban J connectivity index is 1.91. The number of hydrogen-bond acceptors (Lipinski definition) is 3. The highest BCUT2D eigenvalue weighted by Crippen LogP contribution is 2.25. The molecule has 2 aromatic rings. The van der Waals surface area contributed by atoms with Crippen molar-refractivity contribution in [3.8, 4) is 5.75 Å². The predicted molar refractivity (Wildman–Crippen MR) is 94.0 cm³/mol. The summed E-state index contributed by atoms with van der Waals surface area (Å²) in [6.45, 7) is 0.562. The van der Waals surface area contributed by atoms with Crippen LogP contribution in [0.1, 0.15) is 15.9 Å². The Morgan fingerprint density at radius 3 is 2.59 bits per heavy atom. The number of rotatable bonds is 4. The van der Waals surface area contributed by atoms with E-state index in [0.717, 1.165) is 5.56 Å². The molecule has 0 bridgehead atoms. The number of halogens is 1. The van der Waals surface area contributed by atoms with Crippen molar-refractivity contribution in [3.05, 3.63) is 64.1 Å². The number of carbonyl (C=O) groups excluding carboxylic acids is 1. The van der Waals surface area contributed by atoms with Gasteiger partial charge in [0, 0.05) is 12.1 Å². The molecular formula is C16H15BrN2O2S. The number of hydrogen-bond donors (Lipinski definition) is 2. The third-order valence-electron chi connectivity index (χ3n) is 2.94. The molecule has 114 valence electrons. The highest BCUT2D eigenvalue weighted by molar-refractivity contribution is 9.10. The summed E-state index contributed by atoms with van der Waals surface area (Å²) in [6.07, 6.45) is 0. The van der Waals surface area contributed by atoms with Gasteiger partial charge in [-0.05, 0) is 51.9 Å². The van der Waals surface area contributed by atoms with E-state index in [0.29, 0.717) is 27.4 Å². The summed E-state index contributed by atoms with van der Waals surface area (Å²) in [6, 6.07) is 14.9. The molecule has 0 aliphatic rings. The lowest BCUT2D eigenvalue weighted by atomic mass is 10.2. The molecule has 0 unspecified atom stereocenters. The molecule has 0 saturated carbocycles. The fourth-order valence-electron chi connectivity index (χ4n) is 1.81. The van der Waals surface area contributed by atoms with Gasteiger partial charge < -0.3 is 10.1 Å². The van der Waals surface area contributed by atoms with E-state index in [-0.39, 0.29) is 5.91 Å². The molecule has 0 spiro atoms. The van der Waals surface area contributed by atoms with Crippen molar-refractivity contribution in [2.24, 2.45) is 0 Å². The largest absolute Gasteiger partial charge is 0.496 e. The molecular weight excluding hydrogens is 364 g/mol. The standard InChI is InChI=1S/C16H15BrN2O2S/c1-21-14-8-7-12(9-13(14)17)15(20)19-16(22)18-10-11-5-3-2-4-6-11/h2-9H,10H2,1H3,(H2,18,19,20,22). The van der Waals surface area contributed by atoms with Gasteiger partial charge in [0.05, 0.1) is 11.6 Å². The second kappa shape index (κ2) is 7.91. The van der Waals surface area contributed by atoms with Crippen LogP contribution in [0.5, 0.6) is 5.75 Å². The summed E-state index contributed by atoms with van der Waals surface area (Å²) in [5, 5.41) is 5.94. The summed E-state index contributed by atoms with van der Waals surface area (Å²) in [4.78, 5) is 12.1. The fourth-order valence-corrected chi connectivity index (χ4v) is 2.51. The molecule has 0 saturated heterocycles. The molecule has 0 aromatic heterocycles. The third-order valence-corrected chi connectivity index (χ3v) is 3.80. The van der Waals surface area contributed by atoms with E-state index in [1.165, 1.54) is 0 Å². The normalized spacial score (nSPS) is 9.91. The first kappa shape index (κ1) is 16.5. The highest BCUT2D eigenvalue weighted by Gasteiger charge is 2.10. The molecule has 6 heteroatoms. The van der Waals surface area contributed by atoms with E-state index >= 15 is 0 Å². The van der Waals surface area contributed by atoms with Gasteiger partial charge in [-0.2, -0.15) is 0 Å². The lowest BCUT2D eigenvalue weighted by Crippen LogP contribution is -2.38. The van der Waals surface area contributed by atoms with Crippen LogP contribution in [0.25, 0.3) is 0 Å². The van der Waals surface area contributed by atoms with Gasteiger partial charge in [-0.3, -0.25) is 10.1 Å². The van der Waals surface area contributed by atoms with Crippen molar-refractivity contribution in [3.63, 3.8) is 0 Å². The van der Waals surface area contributed by atoms with Gasteiger partial charge in [-0.1, -0.05) is 30.3 Å².